The summed E-state index contributed by atoms with van der Waals surface area (Å²) in [5.74, 6) is 0.404. The van der Waals surface area contributed by atoms with E-state index in [9.17, 15) is 9.59 Å². The highest BCUT2D eigenvalue weighted by molar-refractivity contribution is 5.92. The van der Waals surface area contributed by atoms with Gasteiger partial charge < -0.3 is 15.1 Å². The summed E-state index contributed by atoms with van der Waals surface area (Å²) >= 11 is 0. The first-order chi connectivity index (χ1) is 19.2. The fourth-order valence-electron chi connectivity index (χ4n) is 6.13. The molecule has 0 fully saturated rings. The lowest BCUT2D eigenvalue weighted by molar-refractivity contribution is -0.116. The zero-order chi connectivity index (χ0) is 28.0. The van der Waals surface area contributed by atoms with E-state index in [0.29, 0.717) is 30.1 Å². The number of amides is 1. The molecule has 6 rings (SSSR count). The molecule has 0 radical (unpaired) electrons. The molecule has 0 unspecified atom stereocenters. The van der Waals surface area contributed by atoms with Crippen molar-refractivity contribution in [1.29, 1.82) is 0 Å². The number of anilines is 3. The van der Waals surface area contributed by atoms with Gasteiger partial charge in [0.05, 0.1) is 12.2 Å². The monoisotopic (exact) mass is 537 g/mol. The average Bonchev–Trinajstić information content (AvgIpc) is 3.17. The van der Waals surface area contributed by atoms with Crippen LogP contribution in [0, 0.1) is 0 Å². The Morgan fingerprint density at radius 2 is 1.90 bits per heavy atom. The molecule has 2 aromatic carbocycles. The molecule has 0 saturated carbocycles. The Morgan fingerprint density at radius 1 is 1.07 bits per heavy atom. The molecule has 0 spiro atoms. The van der Waals surface area contributed by atoms with E-state index < -0.39 is 0 Å². The number of nitrogens with one attached hydrogen (secondary N) is 1. The summed E-state index contributed by atoms with van der Waals surface area (Å²) in [7, 11) is 2.15. The Morgan fingerprint density at radius 3 is 2.73 bits per heavy atom. The summed E-state index contributed by atoms with van der Waals surface area (Å²) in [5, 5.41) is 3.81. The van der Waals surface area contributed by atoms with Crippen molar-refractivity contribution in [1.82, 2.24) is 24.2 Å². The normalized spacial score (nSPS) is 17.9. The number of carbonyl (C=O) groups excluding carboxylic acids is 1. The molecule has 9 heteroatoms. The fraction of sp³-hybridized carbons (Fsp3) is 0.355. The van der Waals surface area contributed by atoms with Crippen LogP contribution in [-0.4, -0.2) is 50.3 Å². The van der Waals surface area contributed by atoms with Gasteiger partial charge in [0, 0.05) is 49.5 Å². The minimum absolute atomic E-state index is 0.0126. The third-order valence-electron chi connectivity index (χ3n) is 7.84. The lowest BCUT2D eigenvalue weighted by atomic mass is 9.78. The van der Waals surface area contributed by atoms with Gasteiger partial charge in [-0.15, -0.1) is 0 Å². The number of hydrogen-bond donors (Lipinski definition) is 1. The van der Waals surface area contributed by atoms with E-state index in [2.05, 4.69) is 60.4 Å². The number of nitrogens with zero attached hydrogens (tertiary/aromatic N) is 6. The molecule has 9 nitrogen and oxygen atoms in total. The van der Waals surface area contributed by atoms with Crippen molar-refractivity contribution in [2.24, 2.45) is 0 Å². The number of allylic oxidation sites excluding steroid dienone is 2. The van der Waals surface area contributed by atoms with Gasteiger partial charge >= 0.3 is 0 Å². The van der Waals surface area contributed by atoms with Crippen LogP contribution in [-0.2, 0) is 23.3 Å². The van der Waals surface area contributed by atoms with Crippen LogP contribution in [0.2, 0.25) is 0 Å². The smallest absolute Gasteiger partial charge is 0.278 e. The molecule has 0 aliphatic carbocycles. The summed E-state index contributed by atoms with van der Waals surface area (Å²) in [5.41, 5.74) is 5.54. The summed E-state index contributed by atoms with van der Waals surface area (Å²) in [6.07, 6.45) is 7.33. The van der Waals surface area contributed by atoms with Crippen LogP contribution in [0.5, 0.6) is 0 Å². The van der Waals surface area contributed by atoms with E-state index in [1.54, 1.807) is 22.7 Å². The maximum absolute atomic E-state index is 13.5. The van der Waals surface area contributed by atoms with Gasteiger partial charge in [-0.3, -0.25) is 9.59 Å². The van der Waals surface area contributed by atoms with Gasteiger partial charge in [0.1, 0.15) is 5.39 Å². The first-order valence-electron chi connectivity index (χ1n) is 13.8. The standard InChI is InChI=1S/C31H35N7O2/c1-21(39)36-14-7-5-6-8-15-37-29(40)26-18-32-30(34-28(26)38(37)25-11-9-10-24(36)17-25)33-23-12-13-27-22(16-23)19-35(4)20-31(27,2)3/h6,8-13,16-18H,5,7,14-15,19-20H2,1-4H3,(H,32,33,34)/b8-6-. The molecule has 0 atom stereocenters. The SMILES string of the molecule is CC(=O)N1CCC/C=C\Cn2c(=O)c3cnc(Nc4ccc5c(c4)CN(C)CC5(C)C)nc3n2-c2cccc1c2. The predicted molar refractivity (Wildman–Crippen MR) is 159 cm³/mol. The van der Waals surface area contributed by atoms with E-state index in [0.717, 1.165) is 43.0 Å². The molecule has 2 bridgehead atoms. The van der Waals surface area contributed by atoms with Crippen LogP contribution in [0.1, 0.15) is 44.7 Å². The van der Waals surface area contributed by atoms with Gasteiger partial charge in [0.25, 0.3) is 5.56 Å². The Bertz CT molecular complexity index is 1700. The van der Waals surface area contributed by atoms with Crippen molar-refractivity contribution >= 4 is 34.3 Å². The number of rotatable bonds is 2. The average molecular weight is 538 g/mol. The quantitative estimate of drug-likeness (QED) is 0.371. The molecule has 4 aromatic rings. The molecule has 40 heavy (non-hydrogen) atoms. The Labute approximate surface area is 233 Å². The lowest BCUT2D eigenvalue weighted by Gasteiger charge is -2.38. The summed E-state index contributed by atoms with van der Waals surface area (Å²) in [6, 6.07) is 14.1. The van der Waals surface area contributed by atoms with Crippen molar-refractivity contribution in [2.45, 2.75) is 52.1 Å². The largest absolute Gasteiger partial charge is 0.324 e. The van der Waals surface area contributed by atoms with Crippen molar-refractivity contribution in [2.75, 3.05) is 30.4 Å². The molecule has 1 amide bonds. The van der Waals surface area contributed by atoms with E-state index in [-0.39, 0.29) is 16.9 Å². The first kappa shape index (κ1) is 26.0. The second-order valence-electron chi connectivity index (χ2n) is 11.5. The molecule has 1 N–H and O–H groups in total. The number of likely N-dealkylation sites (N-methyl/N-ethyl adjacent to an activating group) is 1. The Balaban J connectivity index is 1.45. The van der Waals surface area contributed by atoms with Gasteiger partial charge in [-0.2, -0.15) is 4.98 Å². The fourth-order valence-corrected chi connectivity index (χ4v) is 6.13. The number of benzene rings is 2. The molecule has 2 aromatic heterocycles. The molecule has 206 valence electrons. The van der Waals surface area contributed by atoms with Crippen LogP contribution in [0.15, 0.2) is 65.6 Å². The number of hydrogen-bond acceptors (Lipinski definition) is 6. The van der Waals surface area contributed by atoms with Gasteiger partial charge in [-0.25, -0.2) is 14.3 Å². The van der Waals surface area contributed by atoms with Crippen molar-refractivity contribution in [3.63, 3.8) is 0 Å². The topological polar surface area (TPSA) is 88.3 Å². The van der Waals surface area contributed by atoms with Gasteiger partial charge in [0.15, 0.2) is 5.65 Å². The molecule has 2 aliphatic heterocycles. The van der Waals surface area contributed by atoms with Crippen LogP contribution in [0.25, 0.3) is 16.7 Å². The number of carbonyl (C=O) groups is 1. The molecule has 4 heterocycles. The molecule has 2 aliphatic rings. The Kier molecular flexibility index (Phi) is 6.54. The van der Waals surface area contributed by atoms with Crippen molar-refractivity contribution < 1.29 is 4.79 Å². The minimum Gasteiger partial charge on any atom is -0.324 e. The highest BCUT2D eigenvalue weighted by atomic mass is 16.2. The van der Waals surface area contributed by atoms with E-state index in [1.807, 2.05) is 35.0 Å². The lowest BCUT2D eigenvalue weighted by Crippen LogP contribution is -2.39. The first-order valence-corrected chi connectivity index (χ1v) is 13.8. The van der Waals surface area contributed by atoms with E-state index in [4.69, 9.17) is 4.98 Å². The van der Waals surface area contributed by atoms with Gasteiger partial charge in [-0.05, 0) is 61.3 Å². The van der Waals surface area contributed by atoms with Gasteiger partial charge in [0.2, 0.25) is 11.9 Å². The van der Waals surface area contributed by atoms with Crippen molar-refractivity contribution in [3.8, 4) is 5.69 Å². The van der Waals surface area contributed by atoms with E-state index in [1.165, 1.54) is 11.1 Å². The maximum Gasteiger partial charge on any atom is 0.278 e. The minimum atomic E-state index is -0.156. The van der Waals surface area contributed by atoms with Crippen molar-refractivity contribution in [3.05, 3.63) is 82.3 Å². The second kappa shape index (κ2) is 10.1. The third kappa shape index (κ3) is 4.70. The number of aromatic nitrogens is 4. The Hall–Kier alpha value is -4.24. The van der Waals surface area contributed by atoms with Gasteiger partial charge in [-0.1, -0.05) is 38.1 Å². The summed E-state index contributed by atoms with van der Waals surface area (Å²) in [6.45, 7) is 9.08. The highest BCUT2D eigenvalue weighted by Gasteiger charge is 2.30. The van der Waals surface area contributed by atoms with Crippen LogP contribution in [0.3, 0.4) is 0 Å². The second-order valence-corrected chi connectivity index (χ2v) is 11.5. The summed E-state index contributed by atoms with van der Waals surface area (Å²) in [4.78, 5) is 39.5. The number of fused-ring (bicyclic) bond motifs is 7. The molecular weight excluding hydrogens is 502 g/mol. The van der Waals surface area contributed by atoms with Crippen LogP contribution < -0.4 is 15.8 Å². The predicted octanol–water partition coefficient (Wildman–Crippen LogP) is 4.75. The highest BCUT2D eigenvalue weighted by Crippen LogP contribution is 2.34. The third-order valence-corrected chi connectivity index (χ3v) is 7.84. The molecular formula is C31H35N7O2. The van der Waals surface area contributed by atoms with E-state index >= 15 is 0 Å². The maximum atomic E-state index is 13.5. The molecule has 0 saturated heterocycles. The zero-order valence-electron chi connectivity index (χ0n) is 23.5. The van der Waals surface area contributed by atoms with Crippen LogP contribution in [0.4, 0.5) is 17.3 Å². The van der Waals surface area contributed by atoms with Crippen LogP contribution >= 0.6 is 0 Å². The zero-order valence-corrected chi connectivity index (χ0v) is 23.5. The summed E-state index contributed by atoms with van der Waals surface area (Å²) < 4.78 is 3.51.